The van der Waals surface area contributed by atoms with Crippen LogP contribution in [0.3, 0.4) is 0 Å². The lowest BCUT2D eigenvalue weighted by molar-refractivity contribution is -0.119. The quantitative estimate of drug-likeness (QED) is 0.707. The first-order valence-corrected chi connectivity index (χ1v) is 12.2. The molecule has 2 aromatic rings. The van der Waals surface area contributed by atoms with Gasteiger partial charge in [-0.2, -0.15) is 0 Å². The van der Waals surface area contributed by atoms with Crippen LogP contribution in [0.2, 0.25) is 0 Å². The van der Waals surface area contributed by atoms with E-state index in [4.69, 9.17) is 4.74 Å². The zero-order valence-corrected chi connectivity index (χ0v) is 18.7. The number of carbonyl (C=O) groups is 2. The van der Waals surface area contributed by atoms with E-state index >= 15 is 0 Å². The summed E-state index contributed by atoms with van der Waals surface area (Å²) in [5, 5.41) is 2.57. The first-order valence-electron chi connectivity index (χ1n) is 10.4. The molecule has 1 N–H and O–H groups in total. The van der Waals surface area contributed by atoms with Crippen molar-refractivity contribution in [2.75, 3.05) is 47.5 Å². The smallest absolute Gasteiger partial charge is 0.414 e. The van der Waals surface area contributed by atoms with Crippen LogP contribution in [-0.2, 0) is 19.4 Å². The van der Waals surface area contributed by atoms with Gasteiger partial charge in [-0.15, -0.1) is 0 Å². The summed E-state index contributed by atoms with van der Waals surface area (Å²) in [5.41, 5.74) is 1.04. The van der Waals surface area contributed by atoms with Gasteiger partial charge >= 0.3 is 6.09 Å². The number of hydrogen-bond acceptors (Lipinski definition) is 6. The molecule has 0 spiro atoms. The SMILES string of the molecule is CC(=O)NC[C@H]1CN(c2ccc(-c3ccc(N4CCS(=O)(=O)CC4)c(F)c3)c(F)c2)C(=O)O1. The maximum atomic E-state index is 14.9. The molecule has 8 nitrogen and oxygen atoms in total. The number of sulfone groups is 1. The van der Waals surface area contributed by atoms with Crippen molar-refractivity contribution in [2.24, 2.45) is 0 Å². The van der Waals surface area contributed by atoms with Crippen molar-refractivity contribution in [3.05, 3.63) is 48.0 Å². The lowest BCUT2D eigenvalue weighted by atomic mass is 10.0. The third-order valence-corrected chi connectivity index (χ3v) is 7.27. The predicted octanol–water partition coefficient (Wildman–Crippen LogP) is 2.33. The van der Waals surface area contributed by atoms with Gasteiger partial charge in [0.05, 0.1) is 36.0 Å². The molecule has 0 unspecified atom stereocenters. The summed E-state index contributed by atoms with van der Waals surface area (Å²) >= 11 is 0. The van der Waals surface area contributed by atoms with E-state index in [9.17, 15) is 26.8 Å². The minimum atomic E-state index is -3.09. The van der Waals surface area contributed by atoms with Crippen LogP contribution in [0.1, 0.15) is 6.92 Å². The van der Waals surface area contributed by atoms with Gasteiger partial charge in [0.15, 0.2) is 9.84 Å². The molecule has 0 aromatic heterocycles. The largest absolute Gasteiger partial charge is 0.442 e. The fourth-order valence-electron chi connectivity index (χ4n) is 3.89. The summed E-state index contributed by atoms with van der Waals surface area (Å²) in [7, 11) is -3.09. The summed E-state index contributed by atoms with van der Waals surface area (Å²) < 4.78 is 58.1. The predicted molar refractivity (Wildman–Crippen MR) is 119 cm³/mol. The summed E-state index contributed by atoms with van der Waals surface area (Å²) in [5.74, 6) is -1.52. The lowest BCUT2D eigenvalue weighted by Crippen LogP contribution is -2.40. The molecule has 4 rings (SSSR count). The third-order valence-electron chi connectivity index (χ3n) is 5.66. The molecular formula is C22H23F2N3O5S. The number of ether oxygens (including phenoxy) is 1. The summed E-state index contributed by atoms with van der Waals surface area (Å²) in [4.78, 5) is 26.1. The van der Waals surface area contributed by atoms with E-state index in [0.29, 0.717) is 5.56 Å². The Labute approximate surface area is 190 Å². The molecule has 2 saturated heterocycles. The Hall–Kier alpha value is -3.21. The van der Waals surface area contributed by atoms with Crippen LogP contribution in [0.15, 0.2) is 36.4 Å². The molecule has 0 bridgehead atoms. The van der Waals surface area contributed by atoms with Crippen molar-refractivity contribution in [1.29, 1.82) is 0 Å². The molecule has 11 heteroatoms. The molecule has 2 aliphatic rings. The third kappa shape index (κ3) is 5.08. The maximum absolute atomic E-state index is 14.9. The second kappa shape index (κ2) is 8.97. The molecule has 33 heavy (non-hydrogen) atoms. The molecule has 1 atom stereocenters. The Bertz CT molecular complexity index is 1190. The topological polar surface area (TPSA) is 96.0 Å². The van der Waals surface area contributed by atoms with Crippen molar-refractivity contribution < 1.29 is 31.5 Å². The minimum Gasteiger partial charge on any atom is -0.442 e. The number of cyclic esters (lactones) is 1. The fourth-order valence-corrected chi connectivity index (χ4v) is 5.09. The Morgan fingerprint density at radius 3 is 2.48 bits per heavy atom. The van der Waals surface area contributed by atoms with Crippen molar-refractivity contribution in [1.82, 2.24) is 5.32 Å². The second-order valence-electron chi connectivity index (χ2n) is 8.02. The minimum absolute atomic E-state index is 0.0328. The molecule has 2 heterocycles. The number of benzene rings is 2. The highest BCUT2D eigenvalue weighted by atomic mass is 32.2. The fraction of sp³-hybridized carbons (Fsp3) is 0.364. The molecule has 0 radical (unpaired) electrons. The highest BCUT2D eigenvalue weighted by molar-refractivity contribution is 7.91. The van der Waals surface area contributed by atoms with E-state index in [2.05, 4.69) is 5.32 Å². The van der Waals surface area contributed by atoms with E-state index in [-0.39, 0.29) is 60.5 Å². The first-order chi connectivity index (χ1) is 15.6. The van der Waals surface area contributed by atoms with Crippen LogP contribution in [-0.4, -0.2) is 64.2 Å². The highest BCUT2D eigenvalue weighted by Crippen LogP contribution is 2.32. The van der Waals surface area contributed by atoms with Gasteiger partial charge in [-0.1, -0.05) is 6.07 Å². The molecule has 2 amide bonds. The van der Waals surface area contributed by atoms with E-state index in [1.165, 1.54) is 36.1 Å². The number of carbonyl (C=O) groups excluding carboxylic acids is 2. The van der Waals surface area contributed by atoms with E-state index in [1.54, 1.807) is 17.0 Å². The summed E-state index contributed by atoms with van der Waals surface area (Å²) in [6, 6.07) is 8.49. The average Bonchev–Trinajstić information content (AvgIpc) is 3.13. The van der Waals surface area contributed by atoms with Crippen molar-refractivity contribution in [3.8, 4) is 11.1 Å². The van der Waals surface area contributed by atoms with Crippen LogP contribution in [0, 0.1) is 11.6 Å². The number of nitrogens with zero attached hydrogens (tertiary/aromatic N) is 2. The van der Waals surface area contributed by atoms with Crippen LogP contribution < -0.4 is 15.1 Å². The van der Waals surface area contributed by atoms with Crippen molar-refractivity contribution in [2.45, 2.75) is 13.0 Å². The number of amides is 2. The molecule has 2 fully saturated rings. The average molecular weight is 480 g/mol. The zero-order chi connectivity index (χ0) is 23.8. The van der Waals surface area contributed by atoms with Gasteiger partial charge in [-0.3, -0.25) is 9.69 Å². The molecule has 0 saturated carbocycles. The lowest BCUT2D eigenvalue weighted by Gasteiger charge is -2.29. The molecule has 176 valence electrons. The van der Waals surface area contributed by atoms with Gasteiger partial charge in [0.2, 0.25) is 5.91 Å². The van der Waals surface area contributed by atoms with E-state index in [1.807, 2.05) is 0 Å². The van der Waals surface area contributed by atoms with Gasteiger partial charge in [-0.25, -0.2) is 22.0 Å². The Balaban J connectivity index is 1.50. The van der Waals surface area contributed by atoms with Crippen LogP contribution in [0.25, 0.3) is 11.1 Å². The van der Waals surface area contributed by atoms with E-state index in [0.717, 1.165) is 0 Å². The molecule has 0 aliphatic carbocycles. The summed E-state index contributed by atoms with van der Waals surface area (Å²) in [6.45, 7) is 2.08. The number of nitrogens with one attached hydrogen (secondary N) is 1. The highest BCUT2D eigenvalue weighted by Gasteiger charge is 2.33. The Morgan fingerprint density at radius 1 is 1.12 bits per heavy atom. The number of hydrogen-bond donors (Lipinski definition) is 1. The van der Waals surface area contributed by atoms with Gasteiger partial charge in [-0.05, 0) is 35.9 Å². The molecular weight excluding hydrogens is 456 g/mol. The first kappa shape index (κ1) is 23.0. The monoisotopic (exact) mass is 479 g/mol. The van der Waals surface area contributed by atoms with Crippen LogP contribution in [0.5, 0.6) is 0 Å². The standard InChI is InChI=1S/C22H23F2N3O5S/c1-14(28)25-12-17-13-27(22(29)32-17)16-3-4-18(19(23)11-16)15-2-5-21(20(24)10-15)26-6-8-33(30,31)9-7-26/h2-5,10-11,17H,6-9,12-13H2,1H3,(H,25,28)/t17-/m0/s1. The summed E-state index contributed by atoms with van der Waals surface area (Å²) in [6.07, 6.45) is -1.19. The number of rotatable bonds is 5. The van der Waals surface area contributed by atoms with Crippen LogP contribution in [0.4, 0.5) is 25.0 Å². The normalized spacial score (nSPS) is 20.0. The number of halogens is 2. The second-order valence-corrected chi connectivity index (χ2v) is 10.3. The van der Waals surface area contributed by atoms with Crippen molar-refractivity contribution in [3.63, 3.8) is 0 Å². The molecule has 2 aromatic carbocycles. The van der Waals surface area contributed by atoms with Gasteiger partial charge in [0.1, 0.15) is 17.7 Å². The maximum Gasteiger partial charge on any atom is 0.414 e. The van der Waals surface area contributed by atoms with Gasteiger partial charge in [0, 0.05) is 25.6 Å². The zero-order valence-electron chi connectivity index (χ0n) is 17.9. The Kier molecular flexibility index (Phi) is 6.24. The van der Waals surface area contributed by atoms with Crippen LogP contribution >= 0.6 is 0 Å². The van der Waals surface area contributed by atoms with Crippen molar-refractivity contribution >= 4 is 33.2 Å². The van der Waals surface area contributed by atoms with Gasteiger partial charge in [0.25, 0.3) is 0 Å². The Morgan fingerprint density at radius 2 is 1.85 bits per heavy atom. The number of anilines is 2. The molecule has 2 aliphatic heterocycles. The van der Waals surface area contributed by atoms with Gasteiger partial charge < -0.3 is 15.0 Å². The van der Waals surface area contributed by atoms with E-state index < -0.39 is 33.7 Å².